The van der Waals surface area contributed by atoms with Crippen LogP contribution in [0.5, 0.6) is 0 Å². The molecule has 0 bridgehead atoms. The van der Waals surface area contributed by atoms with Crippen LogP contribution >= 0.6 is 0 Å². The normalized spacial score (nSPS) is 15.5. The Balaban J connectivity index is 2.18. The summed E-state index contributed by atoms with van der Waals surface area (Å²) in [4.78, 5) is 22.3. The van der Waals surface area contributed by atoms with E-state index in [0.29, 0.717) is 13.1 Å². The quantitative estimate of drug-likeness (QED) is 0.682. The molecule has 21 heavy (non-hydrogen) atoms. The van der Waals surface area contributed by atoms with Crippen LogP contribution in [-0.4, -0.2) is 39.9 Å². The predicted octanol–water partition coefficient (Wildman–Crippen LogP) is 0.503. The van der Waals surface area contributed by atoms with Gasteiger partial charge in [-0.2, -0.15) is 4.98 Å². The maximum absolute atomic E-state index is 12.0. The van der Waals surface area contributed by atoms with Crippen LogP contribution in [0.2, 0.25) is 0 Å². The van der Waals surface area contributed by atoms with Gasteiger partial charge >= 0.3 is 0 Å². The first kappa shape index (κ1) is 15.5. The number of rotatable bonds is 5. The number of amides is 1. The van der Waals surface area contributed by atoms with Crippen molar-refractivity contribution in [1.29, 1.82) is 0 Å². The summed E-state index contributed by atoms with van der Waals surface area (Å²) < 4.78 is 0. The number of hydrogen-bond donors (Lipinski definition) is 3. The van der Waals surface area contributed by atoms with Crippen molar-refractivity contribution in [2.24, 2.45) is 5.73 Å². The zero-order chi connectivity index (χ0) is 15.4. The lowest BCUT2D eigenvalue weighted by Gasteiger charge is -2.30. The number of aromatic nitrogens is 2. The monoisotopic (exact) mass is 292 g/mol. The van der Waals surface area contributed by atoms with Crippen LogP contribution in [0.15, 0.2) is 0 Å². The van der Waals surface area contributed by atoms with Gasteiger partial charge < -0.3 is 21.7 Å². The van der Waals surface area contributed by atoms with E-state index in [1.165, 1.54) is 0 Å². The zero-order valence-corrected chi connectivity index (χ0v) is 12.7. The van der Waals surface area contributed by atoms with E-state index in [1.807, 2.05) is 0 Å². The molecule has 0 saturated carbocycles. The standard InChI is InChI=1S/C14H24N6O/c1-3-4-6-17-12-10-5-7-20(13(21)9(2)15)8-11(10)18-14(16)19-12/h9H,3-8,15H2,1-2H3,(H3,16,17,18,19). The largest absolute Gasteiger partial charge is 0.370 e. The number of nitrogens with one attached hydrogen (secondary N) is 1. The lowest BCUT2D eigenvalue weighted by atomic mass is 10.0. The predicted molar refractivity (Wildman–Crippen MR) is 82.6 cm³/mol. The number of unbranched alkanes of at least 4 members (excludes halogenated alkanes) is 1. The SMILES string of the molecule is CCCCNc1nc(N)nc2c1CCN(C(=O)C(C)N)C2. The third-order valence-corrected chi connectivity index (χ3v) is 3.61. The highest BCUT2D eigenvalue weighted by Gasteiger charge is 2.26. The number of nitrogen functional groups attached to an aromatic ring is 1. The van der Waals surface area contributed by atoms with Crippen molar-refractivity contribution in [3.05, 3.63) is 11.3 Å². The lowest BCUT2D eigenvalue weighted by molar-refractivity contribution is -0.133. The van der Waals surface area contributed by atoms with Crippen LogP contribution in [0.25, 0.3) is 0 Å². The summed E-state index contributed by atoms with van der Waals surface area (Å²) in [5, 5.41) is 3.32. The number of hydrogen-bond acceptors (Lipinski definition) is 6. The van der Waals surface area contributed by atoms with Crippen molar-refractivity contribution in [2.75, 3.05) is 24.1 Å². The molecule has 2 heterocycles. The van der Waals surface area contributed by atoms with Gasteiger partial charge in [-0.3, -0.25) is 4.79 Å². The molecule has 0 saturated heterocycles. The number of nitrogens with two attached hydrogens (primary N) is 2. The Morgan fingerprint density at radius 3 is 2.90 bits per heavy atom. The molecule has 116 valence electrons. The number of carbonyl (C=O) groups is 1. The van der Waals surface area contributed by atoms with Crippen molar-refractivity contribution in [2.45, 2.75) is 45.7 Å². The fraction of sp³-hybridized carbons (Fsp3) is 0.643. The first-order valence-electron chi connectivity index (χ1n) is 7.46. The Labute approximate surface area is 125 Å². The Bertz CT molecular complexity index is 516. The van der Waals surface area contributed by atoms with E-state index >= 15 is 0 Å². The van der Waals surface area contributed by atoms with Gasteiger partial charge in [0.25, 0.3) is 0 Å². The van der Waals surface area contributed by atoms with Gasteiger partial charge in [-0.25, -0.2) is 4.98 Å². The minimum atomic E-state index is -0.493. The molecule has 7 nitrogen and oxygen atoms in total. The molecule has 0 radical (unpaired) electrons. The molecular weight excluding hydrogens is 268 g/mol. The molecule has 1 atom stereocenters. The van der Waals surface area contributed by atoms with Crippen molar-refractivity contribution in [3.63, 3.8) is 0 Å². The molecule has 1 aromatic heterocycles. The second-order valence-corrected chi connectivity index (χ2v) is 5.43. The van der Waals surface area contributed by atoms with E-state index in [2.05, 4.69) is 22.2 Å². The lowest BCUT2D eigenvalue weighted by Crippen LogP contribution is -2.44. The molecule has 1 unspecified atom stereocenters. The summed E-state index contributed by atoms with van der Waals surface area (Å²) in [6.07, 6.45) is 2.92. The molecule has 0 aliphatic carbocycles. The van der Waals surface area contributed by atoms with Gasteiger partial charge in [-0.05, 0) is 19.8 Å². The van der Waals surface area contributed by atoms with E-state index in [0.717, 1.165) is 42.9 Å². The zero-order valence-electron chi connectivity index (χ0n) is 12.7. The molecule has 5 N–H and O–H groups in total. The van der Waals surface area contributed by atoms with Crippen LogP contribution in [-0.2, 0) is 17.8 Å². The highest BCUT2D eigenvalue weighted by molar-refractivity contribution is 5.81. The van der Waals surface area contributed by atoms with E-state index in [4.69, 9.17) is 11.5 Å². The second kappa shape index (κ2) is 6.71. The van der Waals surface area contributed by atoms with Crippen molar-refractivity contribution in [3.8, 4) is 0 Å². The molecule has 1 aliphatic rings. The topological polar surface area (TPSA) is 110 Å². The average Bonchev–Trinajstić information content (AvgIpc) is 2.45. The summed E-state index contributed by atoms with van der Waals surface area (Å²) in [6.45, 7) is 5.79. The number of carbonyl (C=O) groups excluding carboxylic acids is 1. The summed E-state index contributed by atoms with van der Waals surface area (Å²) in [5.41, 5.74) is 13.3. The highest BCUT2D eigenvalue weighted by atomic mass is 16.2. The van der Waals surface area contributed by atoms with Gasteiger partial charge in [0.15, 0.2) is 0 Å². The van der Waals surface area contributed by atoms with Crippen LogP contribution in [0.4, 0.5) is 11.8 Å². The maximum atomic E-state index is 12.0. The van der Waals surface area contributed by atoms with E-state index in [9.17, 15) is 4.79 Å². The third kappa shape index (κ3) is 3.60. The number of anilines is 2. The molecule has 1 aliphatic heterocycles. The second-order valence-electron chi connectivity index (χ2n) is 5.43. The summed E-state index contributed by atoms with van der Waals surface area (Å²) in [7, 11) is 0. The first-order chi connectivity index (χ1) is 10.0. The molecule has 0 fully saturated rings. The smallest absolute Gasteiger partial charge is 0.239 e. The highest BCUT2D eigenvalue weighted by Crippen LogP contribution is 2.24. The van der Waals surface area contributed by atoms with Gasteiger partial charge in [-0.15, -0.1) is 0 Å². The van der Waals surface area contributed by atoms with Gasteiger partial charge in [0.1, 0.15) is 5.82 Å². The molecule has 1 aromatic rings. The summed E-state index contributed by atoms with van der Waals surface area (Å²) in [5.74, 6) is 0.986. The molecule has 7 heteroatoms. The fourth-order valence-electron chi connectivity index (χ4n) is 2.46. The van der Waals surface area contributed by atoms with Gasteiger partial charge in [-0.1, -0.05) is 13.3 Å². The molecular formula is C14H24N6O. The minimum absolute atomic E-state index is 0.0571. The van der Waals surface area contributed by atoms with E-state index < -0.39 is 6.04 Å². The number of fused-ring (bicyclic) bond motifs is 1. The maximum Gasteiger partial charge on any atom is 0.239 e. The third-order valence-electron chi connectivity index (χ3n) is 3.61. The number of nitrogens with zero attached hydrogens (tertiary/aromatic N) is 3. The Kier molecular flexibility index (Phi) is 4.95. The van der Waals surface area contributed by atoms with E-state index in [-0.39, 0.29) is 11.9 Å². The molecule has 1 amide bonds. The van der Waals surface area contributed by atoms with Crippen LogP contribution in [0.3, 0.4) is 0 Å². The van der Waals surface area contributed by atoms with Crippen molar-refractivity contribution in [1.82, 2.24) is 14.9 Å². The summed E-state index contributed by atoms with van der Waals surface area (Å²) >= 11 is 0. The average molecular weight is 292 g/mol. The first-order valence-corrected chi connectivity index (χ1v) is 7.46. The van der Waals surface area contributed by atoms with Crippen LogP contribution in [0.1, 0.15) is 37.9 Å². The minimum Gasteiger partial charge on any atom is -0.370 e. The van der Waals surface area contributed by atoms with Crippen LogP contribution in [0, 0.1) is 0 Å². The van der Waals surface area contributed by atoms with Gasteiger partial charge in [0.05, 0.1) is 18.3 Å². The van der Waals surface area contributed by atoms with Crippen LogP contribution < -0.4 is 16.8 Å². The van der Waals surface area contributed by atoms with Gasteiger partial charge in [0.2, 0.25) is 11.9 Å². The Morgan fingerprint density at radius 2 is 2.24 bits per heavy atom. The summed E-state index contributed by atoms with van der Waals surface area (Å²) in [6, 6.07) is -0.493. The molecule has 2 rings (SSSR count). The van der Waals surface area contributed by atoms with Crippen molar-refractivity contribution >= 4 is 17.7 Å². The molecule has 0 aromatic carbocycles. The van der Waals surface area contributed by atoms with E-state index in [1.54, 1.807) is 11.8 Å². The van der Waals surface area contributed by atoms with Crippen molar-refractivity contribution < 1.29 is 4.79 Å². The Morgan fingerprint density at radius 1 is 1.48 bits per heavy atom. The molecule has 0 spiro atoms. The Hall–Kier alpha value is -1.89. The van der Waals surface area contributed by atoms with Gasteiger partial charge in [0, 0.05) is 18.7 Å². The fourth-order valence-corrected chi connectivity index (χ4v) is 2.46.